The highest BCUT2D eigenvalue weighted by Crippen LogP contribution is 2.41. The van der Waals surface area contributed by atoms with Crippen LogP contribution in [0.1, 0.15) is 70.1 Å². The Morgan fingerprint density at radius 2 is 1.93 bits per heavy atom. The van der Waals surface area contributed by atoms with Gasteiger partial charge in [0, 0.05) is 17.1 Å². The molecule has 1 aromatic carbocycles. The minimum Gasteiger partial charge on any atom is -0.494 e. The number of aryl methyl sites for hydroxylation is 1. The summed E-state index contributed by atoms with van der Waals surface area (Å²) in [6.45, 7) is 12.4. The summed E-state index contributed by atoms with van der Waals surface area (Å²) < 4.78 is 6.14. The quantitative estimate of drug-likeness (QED) is 0.503. The number of hydrogen-bond acceptors (Lipinski definition) is 3. The molecule has 1 aliphatic rings. The molecule has 1 aromatic rings. The fraction of sp³-hybridized carbons (Fsp3) is 0.385. The summed E-state index contributed by atoms with van der Waals surface area (Å²) in [5.74, 6) is 0.656. The van der Waals surface area contributed by atoms with Crippen LogP contribution in [-0.2, 0) is 9.53 Å². The van der Waals surface area contributed by atoms with Crippen molar-refractivity contribution in [1.82, 2.24) is 0 Å². The number of carbonyl (C=O) groups excluding carboxylic acids is 1. The van der Waals surface area contributed by atoms with Crippen LogP contribution in [0.15, 0.2) is 64.5 Å². The first kappa shape index (κ1) is 22.4. The first-order chi connectivity index (χ1) is 13.8. The Morgan fingerprint density at radius 1 is 1.21 bits per heavy atom. The normalized spacial score (nSPS) is 14.6. The molecule has 0 aliphatic heterocycles. The van der Waals surface area contributed by atoms with Crippen LogP contribution in [0, 0.1) is 18.3 Å². The molecule has 3 heteroatoms. The van der Waals surface area contributed by atoms with Crippen LogP contribution in [0.25, 0.3) is 0 Å². The van der Waals surface area contributed by atoms with Gasteiger partial charge in [-0.1, -0.05) is 36.3 Å². The van der Waals surface area contributed by atoms with Gasteiger partial charge >= 0.3 is 0 Å². The summed E-state index contributed by atoms with van der Waals surface area (Å²) in [4.78, 5) is 12.8. The molecule has 0 aromatic heterocycles. The van der Waals surface area contributed by atoms with E-state index in [0.29, 0.717) is 12.2 Å². The lowest BCUT2D eigenvalue weighted by atomic mass is 9.77. The maximum Gasteiger partial charge on any atom is 0.156 e. The Kier molecular flexibility index (Phi) is 7.79. The molecule has 0 unspecified atom stereocenters. The third-order valence-electron chi connectivity index (χ3n) is 5.10. The van der Waals surface area contributed by atoms with Crippen LogP contribution in [0.3, 0.4) is 0 Å². The molecule has 0 amide bonds. The molecule has 0 heterocycles. The van der Waals surface area contributed by atoms with E-state index in [-0.39, 0.29) is 11.7 Å². The number of hydrogen-bond donors (Lipinski definition) is 0. The highest BCUT2D eigenvalue weighted by atomic mass is 16.5. The Bertz CT molecular complexity index is 947. The molecule has 0 fully saturated rings. The molecule has 1 atom stereocenters. The number of rotatable bonds is 7. The van der Waals surface area contributed by atoms with Gasteiger partial charge in [-0.2, -0.15) is 5.26 Å². The molecule has 0 bridgehead atoms. The van der Waals surface area contributed by atoms with E-state index in [1.807, 2.05) is 39.0 Å². The van der Waals surface area contributed by atoms with Crippen molar-refractivity contribution in [3.05, 3.63) is 81.2 Å². The van der Waals surface area contributed by atoms with Crippen LogP contribution in [0.4, 0.5) is 0 Å². The summed E-state index contributed by atoms with van der Waals surface area (Å²) in [5, 5.41) is 9.28. The van der Waals surface area contributed by atoms with E-state index >= 15 is 0 Å². The predicted molar refractivity (Wildman–Crippen MR) is 118 cm³/mol. The van der Waals surface area contributed by atoms with Crippen molar-refractivity contribution < 1.29 is 9.53 Å². The van der Waals surface area contributed by atoms with Gasteiger partial charge in [-0.3, -0.25) is 4.79 Å². The van der Waals surface area contributed by atoms with Gasteiger partial charge in [-0.15, -0.1) is 0 Å². The first-order valence-electron chi connectivity index (χ1n) is 10.2. The molecule has 29 heavy (non-hydrogen) atoms. The number of ether oxygens (including phenoxy) is 1. The molecule has 2 rings (SSSR count). The fourth-order valence-electron chi connectivity index (χ4n) is 3.82. The zero-order valence-corrected chi connectivity index (χ0v) is 18.4. The van der Waals surface area contributed by atoms with Gasteiger partial charge in [-0.05, 0) is 76.8 Å². The fourth-order valence-corrected chi connectivity index (χ4v) is 3.82. The van der Waals surface area contributed by atoms with Crippen molar-refractivity contribution >= 4 is 5.78 Å². The molecule has 0 saturated carbocycles. The van der Waals surface area contributed by atoms with E-state index in [1.165, 1.54) is 0 Å². The number of allylic oxidation sites excluding steroid dienone is 7. The second-order valence-electron chi connectivity index (χ2n) is 7.79. The number of benzene rings is 1. The minimum atomic E-state index is -0.241. The lowest BCUT2D eigenvalue weighted by Crippen LogP contribution is -2.17. The monoisotopic (exact) mass is 389 g/mol. The van der Waals surface area contributed by atoms with Gasteiger partial charge in [0.15, 0.2) is 5.78 Å². The molecule has 0 spiro atoms. The van der Waals surface area contributed by atoms with E-state index in [1.54, 1.807) is 6.92 Å². The van der Waals surface area contributed by atoms with Crippen LogP contribution in [-0.4, -0.2) is 12.4 Å². The Morgan fingerprint density at radius 3 is 2.48 bits per heavy atom. The smallest absolute Gasteiger partial charge is 0.156 e. The first-order valence-corrected chi connectivity index (χ1v) is 10.2. The van der Waals surface area contributed by atoms with Gasteiger partial charge in [0.25, 0.3) is 0 Å². The van der Waals surface area contributed by atoms with Gasteiger partial charge in [0.2, 0.25) is 0 Å². The van der Waals surface area contributed by atoms with Crippen molar-refractivity contribution in [2.24, 2.45) is 0 Å². The number of ketones is 1. The second kappa shape index (κ2) is 10.1. The average Bonchev–Trinajstić information content (AvgIpc) is 2.84. The third kappa shape index (κ3) is 5.35. The molecule has 0 radical (unpaired) electrons. The molecule has 0 saturated heterocycles. The third-order valence-corrected chi connectivity index (χ3v) is 5.10. The summed E-state index contributed by atoms with van der Waals surface area (Å²) in [6, 6.07) is 7.90. The molecular weight excluding hydrogens is 358 g/mol. The van der Waals surface area contributed by atoms with Crippen LogP contribution in [0.2, 0.25) is 0 Å². The molecule has 1 aliphatic carbocycles. The van der Waals surface area contributed by atoms with Crippen molar-refractivity contribution in [2.45, 2.75) is 60.3 Å². The summed E-state index contributed by atoms with van der Waals surface area (Å²) in [7, 11) is 0. The average molecular weight is 390 g/mol. The summed E-state index contributed by atoms with van der Waals surface area (Å²) in [6.07, 6.45) is 8.13. The number of carbonyl (C=O) groups is 1. The van der Waals surface area contributed by atoms with E-state index < -0.39 is 0 Å². The van der Waals surface area contributed by atoms with Crippen LogP contribution < -0.4 is 0 Å². The Balaban J connectivity index is 2.78. The highest BCUT2D eigenvalue weighted by Gasteiger charge is 2.30. The topological polar surface area (TPSA) is 50.1 Å². The molecule has 152 valence electrons. The standard InChI is InChI=1S/C26H31NO2/c1-7-13-29-24-10-8-9-18(4)14-23(24)26(25(17(2)3)20(6)28)22-12-11-21(16-27)15-19(22)5/h9-12,14-15,26H,7-8,13H2,1-6H3/t26-/m0/s1. The van der Waals surface area contributed by atoms with Gasteiger partial charge in [-0.25, -0.2) is 0 Å². The van der Waals surface area contributed by atoms with E-state index in [4.69, 9.17) is 4.74 Å². The number of nitriles is 1. The summed E-state index contributed by atoms with van der Waals surface area (Å²) in [5.41, 5.74) is 6.58. The van der Waals surface area contributed by atoms with Gasteiger partial charge in [0.05, 0.1) is 18.2 Å². The zero-order valence-electron chi connectivity index (χ0n) is 18.4. The maximum atomic E-state index is 12.8. The van der Waals surface area contributed by atoms with E-state index in [0.717, 1.165) is 52.0 Å². The SMILES string of the molecule is CCCOC1=CCC=C(C)C=C1[C@@H](C(C(C)=O)=C(C)C)c1ccc(C#N)cc1C. The van der Waals surface area contributed by atoms with E-state index in [9.17, 15) is 10.1 Å². The van der Waals surface area contributed by atoms with Crippen LogP contribution >= 0.6 is 0 Å². The zero-order chi connectivity index (χ0) is 21.6. The lowest BCUT2D eigenvalue weighted by Gasteiger charge is -2.27. The molecule has 0 N–H and O–H groups in total. The molecular formula is C26H31NO2. The summed E-state index contributed by atoms with van der Waals surface area (Å²) >= 11 is 0. The van der Waals surface area contributed by atoms with Gasteiger partial charge < -0.3 is 4.74 Å². The maximum absolute atomic E-state index is 12.8. The molecule has 3 nitrogen and oxygen atoms in total. The highest BCUT2D eigenvalue weighted by molar-refractivity contribution is 5.96. The van der Waals surface area contributed by atoms with Crippen molar-refractivity contribution in [3.63, 3.8) is 0 Å². The second-order valence-corrected chi connectivity index (χ2v) is 7.79. The Hall–Kier alpha value is -2.86. The lowest BCUT2D eigenvalue weighted by molar-refractivity contribution is -0.113. The Labute approximate surface area is 175 Å². The number of nitrogens with zero attached hydrogens (tertiary/aromatic N) is 1. The van der Waals surface area contributed by atoms with E-state index in [2.05, 4.69) is 38.1 Å². The van der Waals surface area contributed by atoms with Crippen molar-refractivity contribution in [2.75, 3.05) is 6.61 Å². The van der Waals surface area contributed by atoms with Crippen molar-refractivity contribution in [3.8, 4) is 6.07 Å². The number of Topliss-reactive ketones (excluding diaryl/α,β-unsaturated/α-hetero) is 1. The minimum absolute atomic E-state index is 0.0559. The van der Waals surface area contributed by atoms with Crippen LogP contribution in [0.5, 0.6) is 0 Å². The largest absolute Gasteiger partial charge is 0.494 e. The van der Waals surface area contributed by atoms with Crippen molar-refractivity contribution in [1.29, 1.82) is 5.26 Å². The predicted octanol–water partition coefficient (Wildman–Crippen LogP) is 6.46. The van der Waals surface area contributed by atoms with Gasteiger partial charge in [0.1, 0.15) is 5.76 Å².